The molecule has 0 radical (unpaired) electrons. The standard InChI is InChI=1S/C13H17BrN2O2/c1-18-10-2-3-11(14)12(7-10)16-13(17)6-9-4-5-15-8-9/h2-3,7,9,15H,4-6,8H2,1H3,(H,16,17). The number of halogens is 1. The Morgan fingerprint density at radius 2 is 2.44 bits per heavy atom. The summed E-state index contributed by atoms with van der Waals surface area (Å²) in [4.78, 5) is 11.9. The molecule has 5 heteroatoms. The first-order valence-electron chi connectivity index (χ1n) is 6.03. The molecule has 2 rings (SSSR count). The second-order valence-electron chi connectivity index (χ2n) is 4.46. The summed E-state index contributed by atoms with van der Waals surface area (Å²) in [6.45, 7) is 1.95. The molecule has 0 aliphatic carbocycles. The van der Waals surface area contributed by atoms with Crippen LogP contribution in [0.3, 0.4) is 0 Å². The van der Waals surface area contributed by atoms with Gasteiger partial charge in [0, 0.05) is 17.0 Å². The quantitative estimate of drug-likeness (QED) is 0.897. The minimum Gasteiger partial charge on any atom is -0.497 e. The van der Waals surface area contributed by atoms with E-state index in [9.17, 15) is 4.79 Å². The molecule has 1 heterocycles. The van der Waals surface area contributed by atoms with E-state index in [0.29, 0.717) is 12.3 Å². The first kappa shape index (κ1) is 13.4. The summed E-state index contributed by atoms with van der Waals surface area (Å²) in [5.74, 6) is 1.24. The van der Waals surface area contributed by atoms with Gasteiger partial charge in [-0.2, -0.15) is 0 Å². The molecule has 1 unspecified atom stereocenters. The molecule has 1 fully saturated rings. The zero-order chi connectivity index (χ0) is 13.0. The highest BCUT2D eigenvalue weighted by molar-refractivity contribution is 9.10. The molecule has 1 aromatic carbocycles. The summed E-state index contributed by atoms with van der Waals surface area (Å²) in [5.41, 5.74) is 0.755. The first-order chi connectivity index (χ1) is 8.69. The third-order valence-electron chi connectivity index (χ3n) is 3.08. The Balaban J connectivity index is 1.97. The number of hydrogen-bond donors (Lipinski definition) is 2. The molecule has 18 heavy (non-hydrogen) atoms. The van der Waals surface area contributed by atoms with E-state index in [0.717, 1.165) is 35.4 Å². The van der Waals surface area contributed by atoms with Gasteiger partial charge >= 0.3 is 0 Å². The number of ether oxygens (including phenoxy) is 1. The zero-order valence-electron chi connectivity index (χ0n) is 10.3. The van der Waals surface area contributed by atoms with Crippen molar-refractivity contribution in [2.45, 2.75) is 12.8 Å². The van der Waals surface area contributed by atoms with Crippen LogP contribution in [-0.2, 0) is 4.79 Å². The molecule has 1 aliphatic heterocycles. The molecule has 4 nitrogen and oxygen atoms in total. The number of hydrogen-bond acceptors (Lipinski definition) is 3. The topological polar surface area (TPSA) is 50.4 Å². The predicted octanol–water partition coefficient (Wildman–Crippen LogP) is 2.40. The van der Waals surface area contributed by atoms with Gasteiger partial charge in [0.15, 0.2) is 0 Å². The lowest BCUT2D eigenvalue weighted by Crippen LogP contribution is -2.18. The highest BCUT2D eigenvalue weighted by Crippen LogP contribution is 2.27. The van der Waals surface area contributed by atoms with Crippen LogP contribution in [0.5, 0.6) is 5.75 Å². The third-order valence-corrected chi connectivity index (χ3v) is 3.78. The van der Waals surface area contributed by atoms with E-state index in [2.05, 4.69) is 26.6 Å². The summed E-state index contributed by atoms with van der Waals surface area (Å²) < 4.78 is 6.00. The SMILES string of the molecule is COc1ccc(Br)c(NC(=O)CC2CCNC2)c1. The maximum atomic E-state index is 11.9. The van der Waals surface area contributed by atoms with Crippen LogP contribution in [0.1, 0.15) is 12.8 Å². The van der Waals surface area contributed by atoms with Crippen LogP contribution in [-0.4, -0.2) is 26.1 Å². The number of anilines is 1. The van der Waals surface area contributed by atoms with Crippen LogP contribution in [0.15, 0.2) is 22.7 Å². The fourth-order valence-electron chi connectivity index (χ4n) is 2.08. The van der Waals surface area contributed by atoms with Gasteiger partial charge in [-0.15, -0.1) is 0 Å². The molecule has 0 aromatic heterocycles. The summed E-state index contributed by atoms with van der Waals surface area (Å²) in [6.07, 6.45) is 1.64. The zero-order valence-corrected chi connectivity index (χ0v) is 11.9. The van der Waals surface area contributed by atoms with Crippen LogP contribution in [0.4, 0.5) is 5.69 Å². The van der Waals surface area contributed by atoms with E-state index in [1.807, 2.05) is 18.2 Å². The number of carbonyl (C=O) groups excluding carboxylic acids is 1. The molecule has 2 N–H and O–H groups in total. The van der Waals surface area contributed by atoms with Gasteiger partial charge in [-0.25, -0.2) is 0 Å². The molecule has 0 bridgehead atoms. The minimum atomic E-state index is 0.0534. The first-order valence-corrected chi connectivity index (χ1v) is 6.82. The maximum absolute atomic E-state index is 11.9. The Hall–Kier alpha value is -1.07. The van der Waals surface area contributed by atoms with Crippen molar-refractivity contribution in [1.82, 2.24) is 5.32 Å². The molecule has 98 valence electrons. The second-order valence-corrected chi connectivity index (χ2v) is 5.31. The number of rotatable bonds is 4. The molecule has 1 aliphatic rings. The summed E-state index contributed by atoms with van der Waals surface area (Å²) in [6, 6.07) is 5.53. The van der Waals surface area contributed by atoms with Crippen molar-refractivity contribution < 1.29 is 9.53 Å². The lowest BCUT2D eigenvalue weighted by Gasteiger charge is -2.11. The van der Waals surface area contributed by atoms with E-state index in [1.54, 1.807) is 7.11 Å². The second kappa shape index (κ2) is 6.20. The summed E-state index contributed by atoms with van der Waals surface area (Å²) in [5, 5.41) is 6.18. The van der Waals surface area contributed by atoms with Crippen molar-refractivity contribution in [2.75, 3.05) is 25.5 Å². The van der Waals surface area contributed by atoms with Crippen molar-refractivity contribution >= 4 is 27.5 Å². The third kappa shape index (κ3) is 3.46. The molecule has 0 saturated carbocycles. The Morgan fingerprint density at radius 3 is 3.11 bits per heavy atom. The van der Waals surface area contributed by atoms with Crippen molar-refractivity contribution in [3.05, 3.63) is 22.7 Å². The van der Waals surface area contributed by atoms with Gasteiger partial charge in [-0.05, 0) is 53.5 Å². The molecule has 0 spiro atoms. The number of carbonyl (C=O) groups is 1. The van der Waals surface area contributed by atoms with E-state index >= 15 is 0 Å². The average molecular weight is 313 g/mol. The number of methoxy groups -OCH3 is 1. The highest BCUT2D eigenvalue weighted by Gasteiger charge is 2.18. The van der Waals surface area contributed by atoms with Gasteiger partial charge in [-0.3, -0.25) is 4.79 Å². The lowest BCUT2D eigenvalue weighted by atomic mass is 10.0. The normalized spacial score (nSPS) is 18.7. The smallest absolute Gasteiger partial charge is 0.224 e. The largest absolute Gasteiger partial charge is 0.497 e. The van der Waals surface area contributed by atoms with Crippen LogP contribution in [0, 0.1) is 5.92 Å². The lowest BCUT2D eigenvalue weighted by molar-refractivity contribution is -0.116. The van der Waals surface area contributed by atoms with Crippen LogP contribution >= 0.6 is 15.9 Å². The fourth-order valence-corrected chi connectivity index (χ4v) is 2.42. The van der Waals surface area contributed by atoms with Gasteiger partial charge in [0.1, 0.15) is 5.75 Å². The Bertz CT molecular complexity index is 431. The van der Waals surface area contributed by atoms with Gasteiger partial charge < -0.3 is 15.4 Å². The number of benzene rings is 1. The molecule has 1 amide bonds. The van der Waals surface area contributed by atoms with Crippen molar-refractivity contribution in [3.63, 3.8) is 0 Å². The maximum Gasteiger partial charge on any atom is 0.224 e. The van der Waals surface area contributed by atoms with E-state index < -0.39 is 0 Å². The number of amides is 1. The Morgan fingerprint density at radius 1 is 1.61 bits per heavy atom. The monoisotopic (exact) mass is 312 g/mol. The highest BCUT2D eigenvalue weighted by atomic mass is 79.9. The van der Waals surface area contributed by atoms with Gasteiger partial charge in [-0.1, -0.05) is 0 Å². The van der Waals surface area contributed by atoms with E-state index in [-0.39, 0.29) is 5.91 Å². The molecule has 1 aromatic rings. The summed E-state index contributed by atoms with van der Waals surface area (Å²) >= 11 is 3.42. The molecule has 1 saturated heterocycles. The average Bonchev–Trinajstić information content (AvgIpc) is 2.84. The Kier molecular flexibility index (Phi) is 4.60. The minimum absolute atomic E-state index is 0.0534. The molecule has 1 atom stereocenters. The van der Waals surface area contributed by atoms with Gasteiger partial charge in [0.25, 0.3) is 0 Å². The number of nitrogens with one attached hydrogen (secondary N) is 2. The van der Waals surface area contributed by atoms with Crippen molar-refractivity contribution in [1.29, 1.82) is 0 Å². The van der Waals surface area contributed by atoms with Crippen molar-refractivity contribution in [2.24, 2.45) is 5.92 Å². The molecular formula is C13H17BrN2O2. The van der Waals surface area contributed by atoms with E-state index in [1.165, 1.54) is 0 Å². The fraction of sp³-hybridized carbons (Fsp3) is 0.462. The van der Waals surface area contributed by atoms with Gasteiger partial charge in [0.2, 0.25) is 5.91 Å². The summed E-state index contributed by atoms with van der Waals surface area (Å²) in [7, 11) is 1.61. The predicted molar refractivity (Wildman–Crippen MR) is 74.9 cm³/mol. The van der Waals surface area contributed by atoms with Crippen LogP contribution in [0.25, 0.3) is 0 Å². The van der Waals surface area contributed by atoms with Crippen LogP contribution < -0.4 is 15.4 Å². The van der Waals surface area contributed by atoms with Crippen molar-refractivity contribution in [3.8, 4) is 5.75 Å². The van der Waals surface area contributed by atoms with Crippen LogP contribution in [0.2, 0.25) is 0 Å². The molecular weight excluding hydrogens is 296 g/mol. The van der Waals surface area contributed by atoms with Gasteiger partial charge in [0.05, 0.1) is 12.8 Å². The Labute approximate surface area is 115 Å². The van der Waals surface area contributed by atoms with E-state index in [4.69, 9.17) is 4.74 Å².